The summed E-state index contributed by atoms with van der Waals surface area (Å²) < 4.78 is 7.30. The van der Waals surface area contributed by atoms with Gasteiger partial charge in [0.05, 0.1) is 1.12 Å². The van der Waals surface area contributed by atoms with Crippen LogP contribution in [0.5, 0.6) is 0 Å². The average Bonchev–Trinajstić information content (AvgIpc) is 1.69. The van der Waals surface area contributed by atoms with Crippen molar-refractivity contribution in [3.63, 3.8) is 0 Å². The molecule has 1 nitrogen and oxygen atoms in total. The maximum absolute atomic E-state index is 7.30. The highest BCUT2D eigenvalue weighted by molar-refractivity contribution is 7.99. The largest absolute Gasteiger partial charge is 0.315 e. The van der Waals surface area contributed by atoms with Gasteiger partial charge in [-0.05, 0) is 11.5 Å². The molecule has 0 saturated carbocycles. The summed E-state index contributed by atoms with van der Waals surface area (Å²) in [5, 5.41) is 3.21. The number of hydrogen-bond donors (Lipinski definition) is 1. The van der Waals surface area contributed by atoms with Gasteiger partial charge in [0.1, 0.15) is 0 Å². The standard InChI is InChI=1S/C4H11NS/c1-3-6-4-2-5-1/h5H,1-4,6H2/i6D. The monoisotopic (exact) mass is 106 g/mol. The molecule has 1 fully saturated rings. The first-order valence-corrected chi connectivity index (χ1v) is 3.60. The minimum absolute atomic E-state index is 0.304. The van der Waals surface area contributed by atoms with Gasteiger partial charge in [0, 0.05) is 13.1 Å². The van der Waals surface area contributed by atoms with Crippen LogP contribution in [0.2, 0.25) is 0 Å². The Morgan fingerprint density at radius 1 is 1.50 bits per heavy atom. The Kier molecular flexibility index (Phi) is 1.37. The topological polar surface area (TPSA) is 12.0 Å². The van der Waals surface area contributed by atoms with Crippen LogP contribution in [0, 0.1) is 0 Å². The van der Waals surface area contributed by atoms with Crippen molar-refractivity contribution in [2.24, 2.45) is 0 Å². The first-order chi connectivity index (χ1) is 3.39. The van der Waals surface area contributed by atoms with Crippen molar-refractivity contribution in [1.29, 1.82) is 1.12 Å². The van der Waals surface area contributed by atoms with Crippen molar-refractivity contribution >= 4 is 11.7 Å². The summed E-state index contributed by atoms with van der Waals surface area (Å²) in [5.74, 6) is 2.21. The zero-order chi connectivity index (χ0) is 5.11. The van der Waals surface area contributed by atoms with E-state index in [2.05, 4.69) is 5.32 Å². The molecule has 0 aromatic heterocycles. The fourth-order valence-electron chi connectivity index (χ4n) is 0.553. The molecule has 6 heavy (non-hydrogen) atoms. The van der Waals surface area contributed by atoms with E-state index in [1.54, 1.807) is 0 Å². The number of rotatable bonds is 0. The lowest BCUT2D eigenvalue weighted by molar-refractivity contribution is 0.756. The molecule has 1 saturated heterocycles. The molecule has 2 heteroatoms. The molecule has 38 valence electrons. The smallest absolute Gasteiger partial charge is 0.0793 e. The van der Waals surface area contributed by atoms with Gasteiger partial charge in [-0.2, -0.15) is 0 Å². The number of nitrogens with one attached hydrogen (secondary N) is 1. The fraction of sp³-hybridized carbons (Fsp3) is 1.00. The second-order valence-corrected chi connectivity index (χ2v) is 2.76. The molecule has 1 N–H and O–H groups in total. The van der Waals surface area contributed by atoms with Crippen LogP contribution < -0.4 is 5.32 Å². The maximum Gasteiger partial charge on any atom is 0.0793 e. The summed E-state index contributed by atoms with van der Waals surface area (Å²) in [6.45, 7) is 2.16. The summed E-state index contributed by atoms with van der Waals surface area (Å²) >= 11 is -0.304. The molecule has 0 aromatic rings. The van der Waals surface area contributed by atoms with E-state index in [1.807, 2.05) is 0 Å². The molecule has 1 heterocycles. The van der Waals surface area contributed by atoms with Gasteiger partial charge in [0.2, 0.25) is 0 Å². The second-order valence-electron chi connectivity index (χ2n) is 1.42. The lowest BCUT2D eigenvalue weighted by atomic mass is 10.6. The zero-order valence-corrected chi connectivity index (χ0v) is 4.67. The van der Waals surface area contributed by atoms with Crippen molar-refractivity contribution in [2.45, 2.75) is 0 Å². The predicted molar refractivity (Wildman–Crippen MR) is 33.0 cm³/mol. The molecular weight excluding hydrogens is 94.1 g/mol. The Balaban J connectivity index is 2.12. The van der Waals surface area contributed by atoms with Crippen molar-refractivity contribution in [3.8, 4) is 0 Å². The van der Waals surface area contributed by atoms with E-state index >= 15 is 0 Å². The molecule has 0 amide bonds. The van der Waals surface area contributed by atoms with Gasteiger partial charge in [-0.15, -0.1) is 0 Å². The van der Waals surface area contributed by atoms with Gasteiger partial charge in [0.25, 0.3) is 0 Å². The van der Waals surface area contributed by atoms with Crippen LogP contribution in [-0.4, -0.2) is 25.7 Å². The summed E-state index contributed by atoms with van der Waals surface area (Å²) in [6, 6.07) is 0. The van der Waals surface area contributed by atoms with E-state index in [0.29, 0.717) is 0 Å². The Morgan fingerprint density at radius 2 is 2.17 bits per heavy atom. The lowest BCUT2D eigenvalue weighted by Gasteiger charge is -2.11. The van der Waals surface area contributed by atoms with E-state index in [4.69, 9.17) is 1.12 Å². The lowest BCUT2D eigenvalue weighted by Crippen LogP contribution is -2.24. The molecule has 1 rings (SSSR count). The van der Waals surface area contributed by atoms with Crippen LogP contribution in [-0.2, 0) is 0 Å². The van der Waals surface area contributed by atoms with E-state index in [9.17, 15) is 0 Å². The average molecular weight is 106 g/mol. The van der Waals surface area contributed by atoms with Gasteiger partial charge in [-0.1, -0.05) is 0 Å². The van der Waals surface area contributed by atoms with Crippen molar-refractivity contribution in [2.75, 3.05) is 24.6 Å². The van der Waals surface area contributed by atoms with Crippen LogP contribution in [0.1, 0.15) is 0 Å². The van der Waals surface area contributed by atoms with Crippen LogP contribution >= 0.6 is 11.7 Å². The van der Waals surface area contributed by atoms with E-state index in [1.165, 1.54) is 0 Å². The third-order valence-corrected chi connectivity index (χ3v) is 1.97. The second kappa shape index (κ2) is 2.48. The Bertz CT molecular complexity index is 53.7. The van der Waals surface area contributed by atoms with Crippen LogP contribution in [0.3, 0.4) is 0 Å². The van der Waals surface area contributed by atoms with Crippen LogP contribution in [0.25, 0.3) is 0 Å². The molecule has 1 aliphatic rings. The van der Waals surface area contributed by atoms with E-state index in [-0.39, 0.29) is 11.7 Å². The highest BCUT2D eigenvalue weighted by atomic mass is 32.2. The summed E-state index contributed by atoms with van der Waals surface area (Å²) in [6.07, 6.45) is 0. The molecule has 0 aromatic carbocycles. The molecule has 0 spiro atoms. The predicted octanol–water partition coefficient (Wildman–Crippen LogP) is -0.213. The first kappa shape index (κ1) is 3.33. The first-order valence-electron chi connectivity index (χ1n) is 2.79. The Hall–Kier alpha value is 0.310. The van der Waals surface area contributed by atoms with Crippen LogP contribution in [0.15, 0.2) is 0 Å². The van der Waals surface area contributed by atoms with E-state index in [0.717, 1.165) is 24.6 Å². The highest BCUT2D eigenvalue weighted by Gasteiger charge is 1.91. The minimum atomic E-state index is -0.304. The van der Waals surface area contributed by atoms with Crippen molar-refractivity contribution in [1.82, 2.24) is 5.32 Å². The highest BCUT2D eigenvalue weighted by Crippen LogP contribution is 1.99. The summed E-state index contributed by atoms with van der Waals surface area (Å²) in [7, 11) is 0. The SMILES string of the molecule is [2H][SH]1CCNCC1. The number of hydrogen-bond acceptors (Lipinski definition) is 1. The summed E-state index contributed by atoms with van der Waals surface area (Å²) in [5.41, 5.74) is 0. The van der Waals surface area contributed by atoms with E-state index < -0.39 is 0 Å². The molecular formula is C4H11NS. The molecule has 0 radical (unpaired) electrons. The molecule has 0 bridgehead atoms. The maximum atomic E-state index is 7.30. The van der Waals surface area contributed by atoms with Crippen molar-refractivity contribution in [3.05, 3.63) is 0 Å². The van der Waals surface area contributed by atoms with Gasteiger partial charge < -0.3 is 5.32 Å². The normalized spacial score (nSPS) is 32.7. The molecule has 1 aliphatic heterocycles. The molecule has 0 unspecified atom stereocenters. The van der Waals surface area contributed by atoms with Gasteiger partial charge in [-0.3, -0.25) is 11.7 Å². The Labute approximate surface area is 43.6 Å². The van der Waals surface area contributed by atoms with Gasteiger partial charge >= 0.3 is 0 Å². The summed E-state index contributed by atoms with van der Waals surface area (Å²) in [4.78, 5) is 0. The minimum Gasteiger partial charge on any atom is -0.315 e. The quantitative estimate of drug-likeness (QED) is 0.450. The Morgan fingerprint density at radius 3 is 2.50 bits per heavy atom. The third kappa shape index (κ3) is 1.19. The molecule has 0 aliphatic carbocycles. The zero-order valence-electron chi connectivity index (χ0n) is 4.78. The van der Waals surface area contributed by atoms with Gasteiger partial charge in [-0.25, -0.2) is 0 Å². The fourth-order valence-corrected chi connectivity index (χ4v) is 1.41. The molecule has 0 atom stereocenters. The van der Waals surface area contributed by atoms with Crippen molar-refractivity contribution < 1.29 is 0 Å². The third-order valence-electron chi connectivity index (χ3n) is 0.893. The van der Waals surface area contributed by atoms with Gasteiger partial charge in [0.15, 0.2) is 0 Å². The van der Waals surface area contributed by atoms with Crippen LogP contribution in [0.4, 0.5) is 0 Å².